The third kappa shape index (κ3) is 4.53. The molecule has 2 aromatic heterocycles. The Morgan fingerprint density at radius 2 is 1.96 bits per heavy atom. The van der Waals surface area contributed by atoms with Crippen LogP contribution in [0.25, 0.3) is 11.4 Å². The predicted molar refractivity (Wildman–Crippen MR) is 93.5 cm³/mol. The first-order valence-electron chi connectivity index (χ1n) is 7.84. The normalized spacial score (nSPS) is 11.1. The van der Waals surface area contributed by atoms with Crippen LogP contribution < -0.4 is 10.5 Å². The Morgan fingerprint density at radius 1 is 1.19 bits per heavy atom. The van der Waals surface area contributed by atoms with Gasteiger partial charge in [-0.15, -0.1) is 0 Å². The van der Waals surface area contributed by atoms with E-state index in [1.807, 2.05) is 0 Å². The lowest BCUT2D eigenvalue weighted by molar-refractivity contribution is 0.122. The second kappa shape index (κ2) is 8.20. The third-order valence-corrected chi connectivity index (χ3v) is 3.72. The third-order valence-electron chi connectivity index (χ3n) is 3.49. The van der Waals surface area contributed by atoms with E-state index >= 15 is 0 Å². The van der Waals surface area contributed by atoms with Gasteiger partial charge >= 0.3 is 0 Å². The molecular formula is C17H16ClF2N5O. The number of alkyl halides is 2. The number of rotatable bonds is 7. The van der Waals surface area contributed by atoms with E-state index < -0.39 is 13.0 Å². The zero-order valence-electron chi connectivity index (χ0n) is 13.6. The van der Waals surface area contributed by atoms with Crippen molar-refractivity contribution in [2.24, 2.45) is 5.73 Å². The lowest BCUT2D eigenvalue weighted by atomic mass is 10.1. The minimum atomic E-state index is -2.50. The fraction of sp³-hybridized carbons (Fsp3) is 0.235. The van der Waals surface area contributed by atoms with E-state index in [1.165, 1.54) is 12.4 Å². The van der Waals surface area contributed by atoms with E-state index in [-0.39, 0.29) is 0 Å². The van der Waals surface area contributed by atoms with E-state index in [0.29, 0.717) is 40.9 Å². The monoisotopic (exact) mass is 379 g/mol. The molecule has 0 spiro atoms. The number of ether oxygens (including phenoxy) is 1. The molecule has 0 unspecified atom stereocenters. The second-order valence-electron chi connectivity index (χ2n) is 5.49. The zero-order valence-corrected chi connectivity index (χ0v) is 14.4. The van der Waals surface area contributed by atoms with Gasteiger partial charge in [-0.2, -0.15) is 5.10 Å². The molecule has 0 amide bonds. The van der Waals surface area contributed by atoms with Crippen LogP contribution in [0.5, 0.6) is 11.5 Å². The molecule has 0 aliphatic rings. The first-order valence-corrected chi connectivity index (χ1v) is 8.22. The molecule has 0 aliphatic heterocycles. The number of aromatic nitrogens is 4. The molecule has 0 radical (unpaired) electrons. The Hall–Kier alpha value is -2.58. The average Bonchev–Trinajstić information content (AvgIpc) is 3.02. The number of hydrogen-bond donors (Lipinski definition) is 1. The molecule has 0 saturated carbocycles. The van der Waals surface area contributed by atoms with E-state index in [2.05, 4.69) is 15.1 Å². The largest absolute Gasteiger partial charge is 0.453 e. The fourth-order valence-corrected chi connectivity index (χ4v) is 2.48. The zero-order chi connectivity index (χ0) is 18.5. The lowest BCUT2D eigenvalue weighted by Crippen LogP contribution is -2.06. The van der Waals surface area contributed by atoms with Crippen LogP contribution in [-0.4, -0.2) is 32.7 Å². The summed E-state index contributed by atoms with van der Waals surface area (Å²) in [6, 6.07) is 5.04. The van der Waals surface area contributed by atoms with Gasteiger partial charge in [0.1, 0.15) is 12.3 Å². The number of nitrogens with two attached hydrogens (primary N) is 1. The lowest BCUT2D eigenvalue weighted by Gasteiger charge is -2.10. The van der Waals surface area contributed by atoms with Crippen LogP contribution in [0.2, 0.25) is 5.02 Å². The van der Waals surface area contributed by atoms with Crippen molar-refractivity contribution in [2.45, 2.75) is 19.4 Å². The Morgan fingerprint density at radius 3 is 2.65 bits per heavy atom. The number of nitrogens with zero attached hydrogens (tertiary/aromatic N) is 4. The van der Waals surface area contributed by atoms with Gasteiger partial charge in [0, 0.05) is 23.5 Å². The van der Waals surface area contributed by atoms with Crippen molar-refractivity contribution in [3.8, 4) is 22.9 Å². The van der Waals surface area contributed by atoms with Crippen LogP contribution in [0.3, 0.4) is 0 Å². The van der Waals surface area contributed by atoms with Gasteiger partial charge in [0.05, 0.1) is 18.0 Å². The van der Waals surface area contributed by atoms with E-state index in [4.69, 9.17) is 22.1 Å². The Balaban J connectivity index is 1.87. The van der Waals surface area contributed by atoms with Gasteiger partial charge in [0.25, 0.3) is 6.43 Å². The smallest absolute Gasteiger partial charge is 0.257 e. The van der Waals surface area contributed by atoms with Gasteiger partial charge in [-0.25, -0.2) is 18.7 Å². The summed E-state index contributed by atoms with van der Waals surface area (Å²) >= 11 is 6.06. The molecule has 2 N–H and O–H groups in total. The molecule has 0 fully saturated rings. The van der Waals surface area contributed by atoms with Gasteiger partial charge in [0.15, 0.2) is 11.6 Å². The molecule has 0 atom stereocenters. The summed E-state index contributed by atoms with van der Waals surface area (Å²) in [6.07, 6.45) is 4.35. The minimum Gasteiger partial charge on any atom is -0.453 e. The Labute approximate surface area is 153 Å². The van der Waals surface area contributed by atoms with Gasteiger partial charge in [-0.3, -0.25) is 4.68 Å². The molecule has 0 bridgehead atoms. The van der Waals surface area contributed by atoms with Crippen molar-refractivity contribution >= 4 is 11.6 Å². The summed E-state index contributed by atoms with van der Waals surface area (Å²) in [6.45, 7) is 0.0120. The van der Waals surface area contributed by atoms with Gasteiger partial charge in [0.2, 0.25) is 0 Å². The van der Waals surface area contributed by atoms with Crippen LogP contribution in [0.4, 0.5) is 8.78 Å². The summed E-state index contributed by atoms with van der Waals surface area (Å²) in [5.41, 5.74) is 7.08. The van der Waals surface area contributed by atoms with Crippen LogP contribution >= 0.6 is 11.6 Å². The molecule has 3 aromatic rings. The molecule has 1 aromatic carbocycles. The molecule has 6 nitrogen and oxygen atoms in total. The van der Waals surface area contributed by atoms with Crippen LogP contribution in [0.1, 0.15) is 5.56 Å². The van der Waals surface area contributed by atoms with E-state index in [0.717, 1.165) is 10.2 Å². The summed E-state index contributed by atoms with van der Waals surface area (Å²) in [4.78, 5) is 8.67. The maximum atomic E-state index is 12.4. The van der Waals surface area contributed by atoms with E-state index in [1.54, 1.807) is 30.6 Å². The highest BCUT2D eigenvalue weighted by Crippen LogP contribution is 2.33. The van der Waals surface area contributed by atoms with Crippen LogP contribution in [0, 0.1) is 0 Å². The molecule has 0 saturated heterocycles. The quantitative estimate of drug-likeness (QED) is 0.679. The average molecular weight is 380 g/mol. The molecule has 26 heavy (non-hydrogen) atoms. The van der Waals surface area contributed by atoms with Gasteiger partial charge in [-0.05, 0) is 30.7 Å². The minimum absolute atomic E-state index is 0.314. The first-order chi connectivity index (χ1) is 12.5. The number of benzene rings is 1. The number of hydrogen-bond acceptors (Lipinski definition) is 5. The molecule has 9 heteroatoms. The van der Waals surface area contributed by atoms with Crippen molar-refractivity contribution in [1.82, 2.24) is 19.7 Å². The number of halogens is 3. The van der Waals surface area contributed by atoms with Gasteiger partial charge < -0.3 is 10.5 Å². The van der Waals surface area contributed by atoms with Crippen LogP contribution in [-0.2, 0) is 13.0 Å². The highest BCUT2D eigenvalue weighted by Gasteiger charge is 2.13. The van der Waals surface area contributed by atoms with Crippen LogP contribution in [0.15, 0.2) is 43.0 Å². The highest BCUT2D eigenvalue weighted by molar-refractivity contribution is 6.30. The van der Waals surface area contributed by atoms with Crippen molar-refractivity contribution in [3.63, 3.8) is 0 Å². The second-order valence-corrected chi connectivity index (χ2v) is 5.92. The molecule has 0 aliphatic carbocycles. The summed E-state index contributed by atoms with van der Waals surface area (Å²) in [7, 11) is 0. The van der Waals surface area contributed by atoms with Crippen molar-refractivity contribution in [3.05, 3.63) is 53.6 Å². The van der Waals surface area contributed by atoms with Gasteiger partial charge in [-0.1, -0.05) is 11.6 Å². The van der Waals surface area contributed by atoms with Crippen molar-refractivity contribution in [2.75, 3.05) is 6.54 Å². The topological polar surface area (TPSA) is 78.9 Å². The molecule has 3 rings (SSSR count). The summed E-state index contributed by atoms with van der Waals surface area (Å²) in [5, 5.41) is 4.31. The maximum Gasteiger partial charge on any atom is 0.257 e. The summed E-state index contributed by atoms with van der Waals surface area (Å²) < 4.78 is 31.8. The predicted octanol–water partition coefficient (Wildman–Crippen LogP) is 3.55. The van der Waals surface area contributed by atoms with Crippen molar-refractivity contribution < 1.29 is 13.5 Å². The SMILES string of the molecule is NCCc1cnc(-c2ccc(Cl)cc2Oc2cnn(CC(F)F)c2)nc1. The highest BCUT2D eigenvalue weighted by atomic mass is 35.5. The molecular weight excluding hydrogens is 364 g/mol. The summed E-state index contributed by atoms with van der Waals surface area (Å²) in [5.74, 6) is 1.17. The maximum absolute atomic E-state index is 12.4. The van der Waals surface area contributed by atoms with Crippen molar-refractivity contribution in [1.29, 1.82) is 0 Å². The van der Waals surface area contributed by atoms with E-state index in [9.17, 15) is 8.78 Å². The fourth-order valence-electron chi connectivity index (χ4n) is 2.32. The Kier molecular flexibility index (Phi) is 5.75. The first kappa shape index (κ1) is 18.2. The molecule has 2 heterocycles. The molecule has 136 valence electrons. The Bertz CT molecular complexity index is 870. The standard InChI is InChI=1S/C17H16ClF2N5O/c18-12-1-2-14(17-22-6-11(3-4-21)7-23-17)15(5-12)26-13-8-24-25(9-13)10-16(19)20/h1-2,5-9,16H,3-4,10,21H2.